The second-order valence-corrected chi connectivity index (χ2v) is 19.8. The molecule has 0 spiro atoms. The molecular formula is C55H106O6. The van der Waals surface area contributed by atoms with Gasteiger partial charge in [0.05, 0.1) is 0 Å². The molecule has 0 bridgehead atoms. The Labute approximate surface area is 380 Å². The summed E-state index contributed by atoms with van der Waals surface area (Å²) in [6.45, 7) is 11.4. The van der Waals surface area contributed by atoms with Gasteiger partial charge in [0, 0.05) is 19.3 Å². The van der Waals surface area contributed by atoms with Crippen LogP contribution in [-0.2, 0) is 28.6 Å². The number of carbonyl (C=O) groups excluding carboxylic acids is 3. The number of rotatable bonds is 49. The molecule has 362 valence electrons. The third-order valence-corrected chi connectivity index (χ3v) is 12.5. The minimum absolute atomic E-state index is 0.0637. The second-order valence-electron chi connectivity index (χ2n) is 19.8. The maximum absolute atomic E-state index is 12.8. The summed E-state index contributed by atoms with van der Waals surface area (Å²) in [4.78, 5) is 38.0. The number of esters is 3. The number of carbonyl (C=O) groups is 3. The van der Waals surface area contributed by atoms with Crippen LogP contribution in [0.5, 0.6) is 0 Å². The molecule has 0 aliphatic carbocycles. The molecule has 0 amide bonds. The molecule has 0 saturated carbocycles. The van der Waals surface area contributed by atoms with E-state index in [1.165, 1.54) is 193 Å². The van der Waals surface area contributed by atoms with E-state index in [1.54, 1.807) is 0 Å². The van der Waals surface area contributed by atoms with Crippen molar-refractivity contribution in [1.82, 2.24) is 0 Å². The Hall–Kier alpha value is -1.59. The molecule has 0 radical (unpaired) electrons. The van der Waals surface area contributed by atoms with E-state index in [0.29, 0.717) is 19.3 Å². The summed E-state index contributed by atoms with van der Waals surface area (Å²) in [6.07, 6.45) is 49.6. The zero-order valence-corrected chi connectivity index (χ0v) is 41.8. The standard InChI is InChI=1S/C55H106O6/c1-6-7-8-9-10-11-12-13-14-15-20-23-26-31-37-42-47-55(58)61-52(49-60-54(57)46-41-36-32-27-29-34-39-44-51(4)5)48-59-53(56)45-40-35-30-25-22-19-17-16-18-21-24-28-33-38-43-50(2)3/h50-52H,6-49H2,1-5H3/t52-/m1/s1. The van der Waals surface area contributed by atoms with Crippen molar-refractivity contribution in [2.75, 3.05) is 13.2 Å². The predicted molar refractivity (Wildman–Crippen MR) is 261 cm³/mol. The van der Waals surface area contributed by atoms with Crippen molar-refractivity contribution in [2.45, 2.75) is 310 Å². The molecule has 0 N–H and O–H groups in total. The van der Waals surface area contributed by atoms with E-state index in [9.17, 15) is 14.4 Å². The molecule has 0 aromatic carbocycles. The fourth-order valence-corrected chi connectivity index (χ4v) is 8.34. The van der Waals surface area contributed by atoms with Crippen molar-refractivity contribution in [1.29, 1.82) is 0 Å². The van der Waals surface area contributed by atoms with Gasteiger partial charge in [-0.1, -0.05) is 266 Å². The van der Waals surface area contributed by atoms with E-state index in [2.05, 4.69) is 34.6 Å². The molecular weight excluding hydrogens is 757 g/mol. The van der Waals surface area contributed by atoms with Gasteiger partial charge in [-0.3, -0.25) is 14.4 Å². The average Bonchev–Trinajstić information content (AvgIpc) is 3.23. The van der Waals surface area contributed by atoms with Crippen LogP contribution < -0.4 is 0 Å². The SMILES string of the molecule is CCCCCCCCCCCCCCCCCCC(=O)O[C@H](COC(=O)CCCCCCCCCCCCCCCCC(C)C)COC(=O)CCCCCCCCCC(C)C. The van der Waals surface area contributed by atoms with Gasteiger partial charge in [-0.15, -0.1) is 0 Å². The quantitative estimate of drug-likeness (QED) is 0.0344. The van der Waals surface area contributed by atoms with E-state index in [-0.39, 0.29) is 31.1 Å². The van der Waals surface area contributed by atoms with Gasteiger partial charge in [0.1, 0.15) is 13.2 Å². The summed E-state index contributed by atoms with van der Waals surface area (Å²) < 4.78 is 16.8. The highest BCUT2D eigenvalue weighted by molar-refractivity contribution is 5.71. The third kappa shape index (κ3) is 49.3. The minimum Gasteiger partial charge on any atom is -0.462 e. The van der Waals surface area contributed by atoms with Crippen molar-refractivity contribution in [3.05, 3.63) is 0 Å². The van der Waals surface area contributed by atoms with Crippen LogP contribution in [0.2, 0.25) is 0 Å². The zero-order chi connectivity index (χ0) is 44.7. The van der Waals surface area contributed by atoms with Crippen LogP contribution in [0.1, 0.15) is 304 Å². The van der Waals surface area contributed by atoms with Gasteiger partial charge in [0.25, 0.3) is 0 Å². The summed E-state index contributed by atoms with van der Waals surface area (Å²) in [5.41, 5.74) is 0. The maximum Gasteiger partial charge on any atom is 0.306 e. The van der Waals surface area contributed by atoms with Gasteiger partial charge in [0.15, 0.2) is 6.10 Å². The first-order chi connectivity index (χ1) is 29.7. The molecule has 0 saturated heterocycles. The highest BCUT2D eigenvalue weighted by Gasteiger charge is 2.19. The van der Waals surface area contributed by atoms with Gasteiger partial charge >= 0.3 is 17.9 Å². The molecule has 0 heterocycles. The molecule has 1 atom stereocenters. The van der Waals surface area contributed by atoms with Gasteiger partial charge in [-0.2, -0.15) is 0 Å². The van der Waals surface area contributed by atoms with Crippen LogP contribution in [0.4, 0.5) is 0 Å². The predicted octanol–water partition coefficient (Wildman–Crippen LogP) is 17.7. The lowest BCUT2D eigenvalue weighted by Gasteiger charge is -2.18. The van der Waals surface area contributed by atoms with Crippen LogP contribution in [0, 0.1) is 11.8 Å². The Morgan fingerprint density at radius 2 is 0.541 bits per heavy atom. The summed E-state index contributed by atoms with van der Waals surface area (Å²) in [5.74, 6) is 0.779. The van der Waals surface area contributed by atoms with Crippen LogP contribution >= 0.6 is 0 Å². The molecule has 6 heteroatoms. The lowest BCUT2D eigenvalue weighted by Crippen LogP contribution is -2.30. The Morgan fingerprint density at radius 1 is 0.311 bits per heavy atom. The molecule has 0 aromatic rings. The third-order valence-electron chi connectivity index (χ3n) is 12.5. The largest absolute Gasteiger partial charge is 0.462 e. The molecule has 0 aliphatic rings. The summed E-state index contributed by atoms with van der Waals surface area (Å²) in [7, 11) is 0. The zero-order valence-electron chi connectivity index (χ0n) is 41.8. The van der Waals surface area contributed by atoms with Gasteiger partial charge < -0.3 is 14.2 Å². The molecule has 0 rings (SSSR count). The van der Waals surface area contributed by atoms with Crippen molar-refractivity contribution < 1.29 is 28.6 Å². The van der Waals surface area contributed by atoms with E-state index in [1.807, 2.05) is 0 Å². The van der Waals surface area contributed by atoms with E-state index in [0.717, 1.165) is 69.6 Å². The topological polar surface area (TPSA) is 78.9 Å². The van der Waals surface area contributed by atoms with Crippen LogP contribution in [-0.4, -0.2) is 37.2 Å². The smallest absolute Gasteiger partial charge is 0.306 e. The Bertz CT molecular complexity index is 931. The number of ether oxygens (including phenoxy) is 3. The fourth-order valence-electron chi connectivity index (χ4n) is 8.34. The molecule has 0 aliphatic heterocycles. The first kappa shape index (κ1) is 59.4. The maximum atomic E-state index is 12.8. The number of unbranched alkanes of at least 4 members (excludes halogenated alkanes) is 34. The van der Waals surface area contributed by atoms with Crippen molar-refractivity contribution >= 4 is 17.9 Å². The fraction of sp³-hybridized carbons (Fsp3) is 0.945. The van der Waals surface area contributed by atoms with E-state index >= 15 is 0 Å². The Kier molecular flexibility index (Phi) is 46.6. The van der Waals surface area contributed by atoms with Crippen molar-refractivity contribution in [3.63, 3.8) is 0 Å². The monoisotopic (exact) mass is 863 g/mol. The highest BCUT2D eigenvalue weighted by Crippen LogP contribution is 2.18. The van der Waals surface area contributed by atoms with E-state index < -0.39 is 6.10 Å². The van der Waals surface area contributed by atoms with Crippen LogP contribution in [0.15, 0.2) is 0 Å². The van der Waals surface area contributed by atoms with Crippen LogP contribution in [0.3, 0.4) is 0 Å². The lowest BCUT2D eigenvalue weighted by atomic mass is 10.0. The normalized spacial score (nSPS) is 12.0. The molecule has 0 unspecified atom stereocenters. The van der Waals surface area contributed by atoms with Crippen molar-refractivity contribution in [3.8, 4) is 0 Å². The minimum atomic E-state index is -0.762. The van der Waals surface area contributed by atoms with Crippen molar-refractivity contribution in [2.24, 2.45) is 11.8 Å². The summed E-state index contributed by atoms with van der Waals surface area (Å²) in [5, 5.41) is 0. The van der Waals surface area contributed by atoms with Gasteiger partial charge in [0.2, 0.25) is 0 Å². The second kappa shape index (κ2) is 47.9. The number of hydrogen-bond acceptors (Lipinski definition) is 6. The summed E-state index contributed by atoms with van der Waals surface area (Å²) >= 11 is 0. The first-order valence-electron chi connectivity index (χ1n) is 27.2. The Morgan fingerprint density at radius 3 is 0.803 bits per heavy atom. The molecule has 6 nitrogen and oxygen atoms in total. The Balaban J connectivity index is 4.26. The summed E-state index contributed by atoms with van der Waals surface area (Å²) in [6, 6.07) is 0. The van der Waals surface area contributed by atoms with Crippen LogP contribution in [0.25, 0.3) is 0 Å². The lowest BCUT2D eigenvalue weighted by molar-refractivity contribution is -0.167. The van der Waals surface area contributed by atoms with Gasteiger partial charge in [-0.25, -0.2) is 0 Å². The molecule has 61 heavy (non-hydrogen) atoms. The first-order valence-corrected chi connectivity index (χ1v) is 27.2. The highest BCUT2D eigenvalue weighted by atomic mass is 16.6. The average molecular weight is 863 g/mol. The van der Waals surface area contributed by atoms with E-state index in [4.69, 9.17) is 14.2 Å². The number of hydrogen-bond donors (Lipinski definition) is 0. The molecule has 0 aromatic heterocycles. The van der Waals surface area contributed by atoms with Gasteiger partial charge in [-0.05, 0) is 31.1 Å². The molecule has 0 fully saturated rings.